The monoisotopic (exact) mass is 368 g/mol. The largest absolute Gasteiger partial charge is 0.347 e. The first-order chi connectivity index (χ1) is 12.9. The number of hydrogen-bond acceptors (Lipinski definition) is 1. The summed E-state index contributed by atoms with van der Waals surface area (Å²) >= 11 is 0. The van der Waals surface area contributed by atoms with Crippen molar-refractivity contribution in [1.82, 2.24) is 9.88 Å². The minimum atomic E-state index is -0.314. The van der Waals surface area contributed by atoms with Crippen LogP contribution < -0.4 is 5.32 Å². The molecule has 0 saturated heterocycles. The number of rotatable bonds is 5. The van der Waals surface area contributed by atoms with Gasteiger partial charge in [0.25, 0.3) is 5.91 Å². The lowest BCUT2D eigenvalue weighted by atomic mass is 10.1. The molecule has 0 aliphatic rings. The molecule has 0 unspecified atom stereocenters. The standard InChI is InChI=1S/C22H22F2N2O/c1-14-15(2)21(22(27)25-12-17-8-10-19(23)11-9-17)26(16(14)3)13-18-6-4-5-7-20(18)24/h4-11H,12-13H2,1-3H3,(H,25,27). The van der Waals surface area contributed by atoms with Crippen LogP contribution in [0.5, 0.6) is 0 Å². The Morgan fingerprint density at radius 1 is 0.963 bits per heavy atom. The van der Waals surface area contributed by atoms with Crippen LogP contribution in [0.15, 0.2) is 48.5 Å². The molecular formula is C22H22F2N2O. The third-order valence-corrected chi connectivity index (χ3v) is 5.00. The van der Waals surface area contributed by atoms with Crippen molar-refractivity contribution in [3.05, 3.63) is 93.8 Å². The summed E-state index contributed by atoms with van der Waals surface area (Å²) in [5.74, 6) is -0.839. The molecule has 5 heteroatoms. The van der Waals surface area contributed by atoms with Crippen LogP contribution in [0.4, 0.5) is 8.78 Å². The smallest absolute Gasteiger partial charge is 0.268 e. The Morgan fingerprint density at radius 2 is 1.63 bits per heavy atom. The summed E-state index contributed by atoms with van der Waals surface area (Å²) in [6.45, 7) is 6.36. The zero-order chi connectivity index (χ0) is 19.6. The van der Waals surface area contributed by atoms with Gasteiger partial charge in [0, 0.05) is 17.8 Å². The van der Waals surface area contributed by atoms with E-state index >= 15 is 0 Å². The van der Waals surface area contributed by atoms with Crippen molar-refractivity contribution >= 4 is 5.91 Å². The molecule has 27 heavy (non-hydrogen) atoms. The topological polar surface area (TPSA) is 34.0 Å². The van der Waals surface area contributed by atoms with E-state index in [0.717, 1.165) is 22.4 Å². The molecule has 1 amide bonds. The zero-order valence-corrected chi connectivity index (χ0v) is 15.6. The lowest BCUT2D eigenvalue weighted by Crippen LogP contribution is -2.27. The van der Waals surface area contributed by atoms with E-state index in [1.165, 1.54) is 18.2 Å². The van der Waals surface area contributed by atoms with Gasteiger partial charge in [-0.15, -0.1) is 0 Å². The first kappa shape index (κ1) is 18.8. The molecule has 0 saturated carbocycles. The van der Waals surface area contributed by atoms with E-state index < -0.39 is 0 Å². The molecule has 1 heterocycles. The van der Waals surface area contributed by atoms with Gasteiger partial charge >= 0.3 is 0 Å². The number of halogens is 2. The SMILES string of the molecule is Cc1c(C)c(C(=O)NCc2ccc(F)cc2)n(Cc2ccccc2F)c1C. The van der Waals surface area contributed by atoms with Gasteiger partial charge in [-0.1, -0.05) is 30.3 Å². The fourth-order valence-corrected chi connectivity index (χ4v) is 3.18. The third-order valence-electron chi connectivity index (χ3n) is 5.00. The third kappa shape index (κ3) is 3.92. The van der Waals surface area contributed by atoms with E-state index in [4.69, 9.17) is 0 Å². The summed E-state index contributed by atoms with van der Waals surface area (Å²) in [6, 6.07) is 12.6. The molecule has 0 bridgehead atoms. The van der Waals surface area contributed by atoms with Crippen molar-refractivity contribution in [3.8, 4) is 0 Å². The second-order valence-corrected chi connectivity index (χ2v) is 6.67. The molecule has 3 aromatic rings. The summed E-state index contributed by atoms with van der Waals surface area (Å²) in [4.78, 5) is 12.9. The average molecular weight is 368 g/mol. The quantitative estimate of drug-likeness (QED) is 0.698. The highest BCUT2D eigenvalue weighted by molar-refractivity contribution is 5.95. The van der Waals surface area contributed by atoms with Gasteiger partial charge < -0.3 is 9.88 Å². The van der Waals surface area contributed by atoms with Crippen LogP contribution in [-0.4, -0.2) is 10.5 Å². The fourth-order valence-electron chi connectivity index (χ4n) is 3.18. The van der Waals surface area contributed by atoms with E-state index in [0.29, 0.717) is 17.8 Å². The van der Waals surface area contributed by atoms with Gasteiger partial charge in [-0.25, -0.2) is 8.78 Å². The molecule has 140 valence electrons. The Labute approximate surface area is 157 Å². The molecule has 0 atom stereocenters. The predicted molar refractivity (Wildman–Crippen MR) is 102 cm³/mol. The van der Waals surface area contributed by atoms with Crippen molar-refractivity contribution in [2.45, 2.75) is 33.9 Å². The van der Waals surface area contributed by atoms with Gasteiger partial charge in [-0.3, -0.25) is 4.79 Å². The Bertz CT molecular complexity index is 975. The molecule has 3 rings (SSSR count). The molecule has 0 aliphatic heterocycles. The maximum absolute atomic E-state index is 14.1. The highest BCUT2D eigenvalue weighted by Crippen LogP contribution is 2.23. The fraction of sp³-hybridized carbons (Fsp3) is 0.227. The summed E-state index contributed by atoms with van der Waals surface area (Å²) in [7, 11) is 0. The molecule has 1 aromatic heterocycles. The van der Waals surface area contributed by atoms with Crippen molar-refractivity contribution < 1.29 is 13.6 Å². The van der Waals surface area contributed by atoms with Crippen LogP contribution >= 0.6 is 0 Å². The van der Waals surface area contributed by atoms with Gasteiger partial charge in [0.1, 0.15) is 17.3 Å². The summed E-state index contributed by atoms with van der Waals surface area (Å²) in [5, 5.41) is 2.88. The van der Waals surface area contributed by atoms with Crippen molar-refractivity contribution in [3.63, 3.8) is 0 Å². The van der Waals surface area contributed by atoms with E-state index in [1.54, 1.807) is 30.3 Å². The Kier molecular flexibility index (Phi) is 5.40. The molecule has 1 N–H and O–H groups in total. The maximum Gasteiger partial charge on any atom is 0.268 e. The number of carbonyl (C=O) groups excluding carboxylic acids is 1. The highest BCUT2D eigenvalue weighted by atomic mass is 19.1. The van der Waals surface area contributed by atoms with E-state index in [9.17, 15) is 13.6 Å². The second-order valence-electron chi connectivity index (χ2n) is 6.67. The van der Waals surface area contributed by atoms with Crippen LogP contribution in [0.1, 0.15) is 38.4 Å². The Balaban J connectivity index is 1.87. The zero-order valence-electron chi connectivity index (χ0n) is 15.6. The second kappa shape index (κ2) is 7.74. The summed E-state index contributed by atoms with van der Waals surface area (Å²) < 4.78 is 29.0. The summed E-state index contributed by atoms with van der Waals surface area (Å²) in [6.07, 6.45) is 0. The van der Waals surface area contributed by atoms with Crippen LogP contribution in [0.3, 0.4) is 0 Å². The number of amides is 1. The van der Waals surface area contributed by atoms with Gasteiger partial charge in [0.15, 0.2) is 0 Å². The summed E-state index contributed by atoms with van der Waals surface area (Å²) in [5.41, 5.74) is 4.68. The number of carbonyl (C=O) groups is 1. The van der Waals surface area contributed by atoms with E-state index in [2.05, 4.69) is 5.32 Å². The molecular weight excluding hydrogens is 346 g/mol. The van der Waals surface area contributed by atoms with Crippen LogP contribution in [0, 0.1) is 32.4 Å². The lowest BCUT2D eigenvalue weighted by molar-refractivity contribution is 0.0941. The van der Waals surface area contributed by atoms with Crippen molar-refractivity contribution in [1.29, 1.82) is 0 Å². The van der Waals surface area contributed by atoms with Gasteiger partial charge in [0.2, 0.25) is 0 Å². The van der Waals surface area contributed by atoms with Crippen molar-refractivity contribution in [2.75, 3.05) is 0 Å². The number of hydrogen-bond donors (Lipinski definition) is 1. The first-order valence-electron chi connectivity index (χ1n) is 8.80. The normalized spacial score (nSPS) is 10.9. The van der Waals surface area contributed by atoms with Gasteiger partial charge in [-0.05, 0) is 55.7 Å². The van der Waals surface area contributed by atoms with Crippen LogP contribution in [0.25, 0.3) is 0 Å². The first-order valence-corrected chi connectivity index (χ1v) is 8.80. The Morgan fingerprint density at radius 3 is 2.30 bits per heavy atom. The number of benzene rings is 2. The molecule has 0 fully saturated rings. The van der Waals surface area contributed by atoms with Gasteiger partial charge in [0.05, 0.1) is 6.54 Å². The van der Waals surface area contributed by atoms with E-state index in [-0.39, 0.29) is 24.1 Å². The molecule has 0 radical (unpaired) electrons. The van der Waals surface area contributed by atoms with Crippen molar-refractivity contribution in [2.24, 2.45) is 0 Å². The van der Waals surface area contributed by atoms with Crippen LogP contribution in [-0.2, 0) is 13.1 Å². The predicted octanol–water partition coefficient (Wildman–Crippen LogP) is 4.67. The average Bonchev–Trinajstić information content (AvgIpc) is 2.87. The molecule has 2 aromatic carbocycles. The molecule has 0 spiro atoms. The number of nitrogens with one attached hydrogen (secondary N) is 1. The minimum absolute atomic E-state index is 0.232. The number of aromatic nitrogens is 1. The van der Waals surface area contributed by atoms with E-state index in [1.807, 2.05) is 25.3 Å². The number of nitrogens with zero attached hydrogens (tertiary/aromatic N) is 1. The minimum Gasteiger partial charge on any atom is -0.347 e. The maximum atomic E-state index is 14.1. The molecule has 3 nitrogen and oxygen atoms in total. The molecule has 0 aliphatic carbocycles. The Hall–Kier alpha value is -2.95. The lowest BCUT2D eigenvalue weighted by Gasteiger charge is -2.13. The van der Waals surface area contributed by atoms with Gasteiger partial charge in [-0.2, -0.15) is 0 Å². The highest BCUT2D eigenvalue weighted by Gasteiger charge is 2.21. The van der Waals surface area contributed by atoms with Crippen LogP contribution in [0.2, 0.25) is 0 Å².